The summed E-state index contributed by atoms with van der Waals surface area (Å²) in [6.45, 7) is 8.98. The molecule has 0 aliphatic heterocycles. The van der Waals surface area contributed by atoms with Gasteiger partial charge in [-0.25, -0.2) is 9.78 Å². The molecule has 0 saturated heterocycles. The highest BCUT2D eigenvalue weighted by atomic mass is 19.4. The average molecular weight is 476 g/mol. The summed E-state index contributed by atoms with van der Waals surface area (Å²) in [5, 5.41) is 12.6. The van der Waals surface area contributed by atoms with E-state index in [9.17, 15) is 23.1 Å². The first-order chi connectivity index (χ1) is 15.7. The third-order valence-electron chi connectivity index (χ3n) is 6.18. The number of ether oxygens (including phenoxy) is 1. The topological polar surface area (TPSA) is 76.4 Å². The molecule has 1 aromatic heterocycles. The standard InChI is InChI=1S/C25H28F3N3O3/c1-23(2)12-17(13-24(3,4)14-23)31-20-10-5-15(21(32)33)11-19(20)30-22(31)29-16-6-8-18(9-7-16)34-25(26,27)28/h5-11,17H,12-14H2,1-4H3,(H,29,30)(H,32,33). The number of carboxylic acid groups (broad SMARTS) is 1. The summed E-state index contributed by atoms with van der Waals surface area (Å²) in [7, 11) is 0. The smallest absolute Gasteiger partial charge is 0.478 e. The SMILES string of the molecule is CC1(C)CC(n2c(Nc3ccc(OC(F)(F)F)cc3)nc3cc(C(=O)O)ccc32)CC(C)(C)C1. The first-order valence-electron chi connectivity index (χ1n) is 11.1. The lowest BCUT2D eigenvalue weighted by Crippen LogP contribution is -2.35. The van der Waals surface area contributed by atoms with Crippen LogP contribution in [0.25, 0.3) is 11.0 Å². The fraction of sp³-hybridized carbons (Fsp3) is 0.440. The van der Waals surface area contributed by atoms with Crippen molar-refractivity contribution in [3.63, 3.8) is 0 Å². The van der Waals surface area contributed by atoms with E-state index in [0.717, 1.165) is 24.8 Å². The summed E-state index contributed by atoms with van der Waals surface area (Å²) in [6.07, 6.45) is -1.85. The molecule has 1 aliphatic carbocycles. The third-order valence-corrected chi connectivity index (χ3v) is 6.18. The first kappa shape index (κ1) is 23.9. The van der Waals surface area contributed by atoms with Crippen molar-refractivity contribution >= 4 is 28.6 Å². The number of aromatic nitrogens is 2. The molecule has 4 rings (SSSR count). The molecule has 0 unspecified atom stereocenters. The van der Waals surface area contributed by atoms with E-state index < -0.39 is 12.3 Å². The highest BCUT2D eigenvalue weighted by Gasteiger charge is 2.40. The average Bonchev–Trinajstić information content (AvgIpc) is 3.03. The Labute approximate surface area is 195 Å². The highest BCUT2D eigenvalue weighted by Crippen LogP contribution is 2.51. The molecular formula is C25H28F3N3O3. The summed E-state index contributed by atoms with van der Waals surface area (Å²) in [4.78, 5) is 16.2. The van der Waals surface area contributed by atoms with Gasteiger partial charge in [-0.3, -0.25) is 0 Å². The number of hydrogen-bond acceptors (Lipinski definition) is 4. The quantitative estimate of drug-likeness (QED) is 0.410. The summed E-state index contributed by atoms with van der Waals surface area (Å²) in [6, 6.07) is 10.4. The predicted octanol–water partition coefficient (Wildman–Crippen LogP) is 7.15. The number of carbonyl (C=O) groups is 1. The minimum atomic E-state index is -4.76. The zero-order valence-corrected chi connectivity index (χ0v) is 19.5. The maximum Gasteiger partial charge on any atom is 0.573 e. The summed E-state index contributed by atoms with van der Waals surface area (Å²) in [5.74, 6) is -0.833. The van der Waals surface area contributed by atoms with Crippen molar-refractivity contribution in [3.05, 3.63) is 48.0 Å². The van der Waals surface area contributed by atoms with Crippen molar-refractivity contribution in [2.24, 2.45) is 10.8 Å². The van der Waals surface area contributed by atoms with Crippen LogP contribution in [0.4, 0.5) is 24.8 Å². The number of rotatable bonds is 5. The molecule has 2 aromatic carbocycles. The van der Waals surface area contributed by atoms with Gasteiger partial charge in [0.15, 0.2) is 0 Å². The molecule has 0 atom stereocenters. The molecule has 2 N–H and O–H groups in total. The monoisotopic (exact) mass is 475 g/mol. The lowest BCUT2D eigenvalue weighted by Gasteiger charge is -2.45. The zero-order valence-electron chi connectivity index (χ0n) is 19.5. The second-order valence-electron chi connectivity index (χ2n) is 10.6. The number of alkyl halides is 3. The molecule has 0 spiro atoms. The van der Waals surface area contributed by atoms with Gasteiger partial charge in [-0.15, -0.1) is 13.2 Å². The van der Waals surface area contributed by atoms with E-state index in [2.05, 4.69) is 47.3 Å². The van der Waals surface area contributed by atoms with Gasteiger partial charge >= 0.3 is 12.3 Å². The first-order valence-corrected chi connectivity index (χ1v) is 11.1. The number of fused-ring (bicyclic) bond motifs is 1. The lowest BCUT2D eigenvalue weighted by atomic mass is 9.63. The van der Waals surface area contributed by atoms with Gasteiger partial charge in [0.25, 0.3) is 0 Å². The van der Waals surface area contributed by atoms with Crippen LogP contribution >= 0.6 is 0 Å². The zero-order chi connectivity index (χ0) is 24.9. The lowest BCUT2D eigenvalue weighted by molar-refractivity contribution is -0.274. The largest absolute Gasteiger partial charge is 0.573 e. The van der Waals surface area contributed by atoms with Gasteiger partial charge < -0.3 is 19.7 Å². The molecule has 9 heteroatoms. The van der Waals surface area contributed by atoms with E-state index in [1.165, 1.54) is 24.3 Å². The van der Waals surface area contributed by atoms with Crippen LogP contribution in [0.5, 0.6) is 5.75 Å². The molecule has 1 heterocycles. The molecule has 6 nitrogen and oxygen atoms in total. The molecule has 0 radical (unpaired) electrons. The number of carboxylic acids is 1. The van der Waals surface area contributed by atoms with E-state index >= 15 is 0 Å². The Morgan fingerprint density at radius 3 is 2.26 bits per heavy atom. The molecule has 0 amide bonds. The fourth-order valence-electron chi connectivity index (χ4n) is 5.53. The molecule has 3 aromatic rings. The van der Waals surface area contributed by atoms with Crippen LogP contribution in [-0.2, 0) is 0 Å². The van der Waals surface area contributed by atoms with Crippen LogP contribution in [0.3, 0.4) is 0 Å². The Morgan fingerprint density at radius 2 is 1.71 bits per heavy atom. The second kappa shape index (κ2) is 8.21. The normalized spacial score (nSPS) is 18.1. The number of benzene rings is 2. The van der Waals surface area contributed by atoms with Crippen LogP contribution in [-0.4, -0.2) is 27.0 Å². The Morgan fingerprint density at radius 1 is 1.09 bits per heavy atom. The molecule has 1 saturated carbocycles. The van der Waals surface area contributed by atoms with E-state index in [-0.39, 0.29) is 28.2 Å². The van der Waals surface area contributed by atoms with Crippen LogP contribution in [0, 0.1) is 10.8 Å². The van der Waals surface area contributed by atoms with Crippen LogP contribution in [0.15, 0.2) is 42.5 Å². The van der Waals surface area contributed by atoms with E-state index in [1.807, 2.05) is 0 Å². The van der Waals surface area contributed by atoms with Gasteiger partial charge in [0.2, 0.25) is 5.95 Å². The Kier molecular flexibility index (Phi) is 5.78. The van der Waals surface area contributed by atoms with Gasteiger partial charge in [0, 0.05) is 11.7 Å². The Bertz CT molecular complexity index is 1200. The summed E-state index contributed by atoms with van der Waals surface area (Å²) >= 11 is 0. The number of anilines is 2. The number of nitrogens with one attached hydrogen (secondary N) is 1. The summed E-state index contributed by atoms with van der Waals surface area (Å²) < 4.78 is 43.5. The fourth-order valence-corrected chi connectivity index (χ4v) is 5.53. The number of imidazole rings is 1. The maximum absolute atomic E-state index is 12.5. The van der Waals surface area contributed by atoms with Crippen LogP contribution in [0.2, 0.25) is 0 Å². The van der Waals surface area contributed by atoms with Crippen LogP contribution < -0.4 is 10.1 Å². The molecule has 34 heavy (non-hydrogen) atoms. The van der Waals surface area contributed by atoms with Crippen molar-refractivity contribution < 1.29 is 27.8 Å². The van der Waals surface area contributed by atoms with Crippen LogP contribution in [0.1, 0.15) is 63.4 Å². The van der Waals surface area contributed by atoms with Crippen molar-refractivity contribution in [1.82, 2.24) is 9.55 Å². The van der Waals surface area contributed by atoms with E-state index in [1.54, 1.807) is 18.2 Å². The van der Waals surface area contributed by atoms with E-state index in [0.29, 0.717) is 17.2 Å². The molecular weight excluding hydrogens is 447 g/mol. The number of aromatic carboxylic acids is 1. The maximum atomic E-state index is 12.5. The minimum Gasteiger partial charge on any atom is -0.478 e. The van der Waals surface area contributed by atoms with Crippen molar-refractivity contribution in [2.45, 2.75) is 59.4 Å². The van der Waals surface area contributed by atoms with Crippen molar-refractivity contribution in [3.8, 4) is 5.75 Å². The van der Waals surface area contributed by atoms with Gasteiger partial charge in [-0.2, -0.15) is 0 Å². The minimum absolute atomic E-state index is 0.0951. The third kappa shape index (κ3) is 5.29. The predicted molar refractivity (Wildman–Crippen MR) is 124 cm³/mol. The summed E-state index contributed by atoms with van der Waals surface area (Å²) in [5.41, 5.74) is 2.22. The van der Waals surface area contributed by atoms with Gasteiger partial charge in [-0.1, -0.05) is 27.7 Å². The second-order valence-corrected chi connectivity index (χ2v) is 10.6. The molecule has 1 aliphatic rings. The molecule has 0 bridgehead atoms. The molecule has 182 valence electrons. The van der Waals surface area contributed by atoms with Crippen molar-refractivity contribution in [1.29, 1.82) is 0 Å². The van der Waals surface area contributed by atoms with Gasteiger partial charge in [-0.05, 0) is 72.6 Å². The number of hydrogen-bond donors (Lipinski definition) is 2. The number of nitrogens with zero attached hydrogens (tertiary/aromatic N) is 2. The number of halogens is 3. The highest BCUT2D eigenvalue weighted by molar-refractivity contribution is 5.93. The van der Waals surface area contributed by atoms with Gasteiger partial charge in [0.05, 0.1) is 16.6 Å². The Hall–Kier alpha value is -3.23. The van der Waals surface area contributed by atoms with Gasteiger partial charge in [0.1, 0.15) is 5.75 Å². The van der Waals surface area contributed by atoms with E-state index in [4.69, 9.17) is 0 Å². The Balaban J connectivity index is 1.75. The van der Waals surface area contributed by atoms with Crippen molar-refractivity contribution in [2.75, 3.05) is 5.32 Å². The molecule has 1 fully saturated rings.